The highest BCUT2D eigenvalue weighted by atomic mass is 32.2. The Hall–Kier alpha value is -2.92. The molecule has 0 N–H and O–H groups in total. The first-order valence-electron chi connectivity index (χ1n) is 8.64. The molecule has 3 aromatic rings. The minimum absolute atomic E-state index is 0.0106. The molecule has 0 saturated heterocycles. The Morgan fingerprint density at radius 2 is 1.83 bits per heavy atom. The lowest BCUT2D eigenvalue weighted by Gasteiger charge is -2.14. The van der Waals surface area contributed by atoms with Crippen molar-refractivity contribution in [2.24, 2.45) is 0 Å². The molecule has 2 aromatic heterocycles. The van der Waals surface area contributed by atoms with Gasteiger partial charge in [0.2, 0.25) is 0 Å². The van der Waals surface area contributed by atoms with Crippen molar-refractivity contribution in [3.8, 4) is 0 Å². The van der Waals surface area contributed by atoms with E-state index in [-0.39, 0.29) is 28.2 Å². The number of carbonyl (C=O) groups excluding carboxylic acids is 1. The molecule has 0 fully saturated rings. The van der Waals surface area contributed by atoms with Crippen molar-refractivity contribution in [1.82, 2.24) is 8.96 Å². The third kappa shape index (κ3) is 4.17. The van der Waals surface area contributed by atoms with Crippen LogP contribution in [0.5, 0.6) is 0 Å². The summed E-state index contributed by atoms with van der Waals surface area (Å²) in [5.74, 6) is -0.680. The third-order valence-electron chi connectivity index (χ3n) is 4.27. The van der Waals surface area contributed by atoms with Crippen molar-refractivity contribution in [1.29, 1.82) is 0 Å². The fourth-order valence-electron chi connectivity index (χ4n) is 2.80. The lowest BCUT2D eigenvalue weighted by atomic mass is 10.3. The molecule has 0 spiro atoms. The van der Waals surface area contributed by atoms with Crippen LogP contribution in [-0.4, -0.2) is 36.6 Å². The molecular weight excluding hydrogens is 425 g/mol. The van der Waals surface area contributed by atoms with Gasteiger partial charge in [0, 0.05) is 0 Å². The summed E-state index contributed by atoms with van der Waals surface area (Å²) in [5, 5.41) is 0. The van der Waals surface area contributed by atoms with Gasteiger partial charge in [-0.1, -0.05) is 18.2 Å². The Balaban J connectivity index is 2.15. The van der Waals surface area contributed by atoms with Crippen molar-refractivity contribution in [3.05, 3.63) is 59.9 Å². The van der Waals surface area contributed by atoms with E-state index in [4.69, 9.17) is 4.74 Å². The summed E-state index contributed by atoms with van der Waals surface area (Å²) < 4.78 is 76.3. The van der Waals surface area contributed by atoms with Crippen molar-refractivity contribution < 1.29 is 35.9 Å². The molecule has 1 aromatic carbocycles. The van der Waals surface area contributed by atoms with Crippen LogP contribution in [-0.2, 0) is 37.1 Å². The van der Waals surface area contributed by atoms with Crippen LogP contribution in [0.25, 0.3) is 11.0 Å². The van der Waals surface area contributed by atoms with E-state index in [9.17, 15) is 26.4 Å². The average Bonchev–Trinajstić information content (AvgIpc) is 3.09. The second kappa shape index (κ2) is 8.07. The van der Waals surface area contributed by atoms with Crippen LogP contribution in [0.1, 0.15) is 18.3 Å². The monoisotopic (exact) mass is 442 g/mol. The molecule has 2 heterocycles. The van der Waals surface area contributed by atoms with Gasteiger partial charge in [0.05, 0.1) is 35.3 Å². The van der Waals surface area contributed by atoms with E-state index in [1.807, 2.05) is 0 Å². The predicted octanol–water partition coefficient (Wildman–Crippen LogP) is 3.37. The highest BCUT2D eigenvalue weighted by molar-refractivity contribution is 7.90. The lowest BCUT2D eigenvalue weighted by Crippen LogP contribution is -2.23. The van der Waals surface area contributed by atoms with Gasteiger partial charge in [-0.15, -0.1) is 0 Å². The summed E-state index contributed by atoms with van der Waals surface area (Å²) in [4.78, 5) is 15.0. The second-order valence-corrected chi connectivity index (χ2v) is 8.08. The summed E-state index contributed by atoms with van der Waals surface area (Å²) in [6.07, 6.45) is -5.70. The normalized spacial score (nSPS) is 13.4. The zero-order valence-electron chi connectivity index (χ0n) is 15.9. The number of carbonyl (C=O) groups is 1. The number of methoxy groups -OCH3 is 1. The fraction of sp³-hybridized carbons (Fsp3) is 0.263. The van der Waals surface area contributed by atoms with Gasteiger partial charge in [-0.05, 0) is 37.3 Å². The molecule has 0 amide bonds. The van der Waals surface area contributed by atoms with E-state index < -0.39 is 34.0 Å². The number of halogens is 3. The molecule has 30 heavy (non-hydrogen) atoms. The summed E-state index contributed by atoms with van der Waals surface area (Å²) in [6.45, 7) is 1.03. The molecular formula is C19H17F3N2O5S. The van der Waals surface area contributed by atoms with Gasteiger partial charge in [0.1, 0.15) is 5.69 Å². The smallest absolute Gasteiger partial charge is 0.433 e. The van der Waals surface area contributed by atoms with Gasteiger partial charge in [0.25, 0.3) is 10.0 Å². The molecule has 0 radical (unpaired) electrons. The summed E-state index contributed by atoms with van der Waals surface area (Å²) >= 11 is 0. The number of aromatic nitrogens is 2. The SMILES string of the molecule is COC(=O)[C@@H](C)OCc1cc2nc(C(F)(F)F)ccc2n1S(=O)(=O)c1ccccc1. The zero-order valence-corrected chi connectivity index (χ0v) is 16.7. The minimum Gasteiger partial charge on any atom is -0.467 e. The number of hydrogen-bond donors (Lipinski definition) is 0. The first-order chi connectivity index (χ1) is 14.1. The first kappa shape index (κ1) is 21.8. The maximum atomic E-state index is 13.2. The molecule has 11 heteroatoms. The second-order valence-electron chi connectivity index (χ2n) is 6.29. The summed E-state index contributed by atoms with van der Waals surface area (Å²) in [5.41, 5.74) is -1.36. The van der Waals surface area contributed by atoms with E-state index in [1.165, 1.54) is 44.4 Å². The third-order valence-corrected chi connectivity index (χ3v) is 6.05. The number of hydrogen-bond acceptors (Lipinski definition) is 6. The lowest BCUT2D eigenvalue weighted by molar-refractivity contribution is -0.153. The number of nitrogens with zero attached hydrogens (tertiary/aromatic N) is 2. The Kier molecular flexibility index (Phi) is 5.86. The molecule has 7 nitrogen and oxygen atoms in total. The number of benzene rings is 1. The minimum atomic E-state index is -4.69. The van der Waals surface area contributed by atoms with E-state index in [2.05, 4.69) is 9.72 Å². The van der Waals surface area contributed by atoms with Crippen molar-refractivity contribution >= 4 is 27.0 Å². The number of fused-ring (bicyclic) bond motifs is 1. The van der Waals surface area contributed by atoms with Crippen LogP contribution in [0.2, 0.25) is 0 Å². The fourth-order valence-corrected chi connectivity index (χ4v) is 4.34. The van der Waals surface area contributed by atoms with Gasteiger partial charge in [-0.3, -0.25) is 0 Å². The van der Waals surface area contributed by atoms with E-state index in [1.54, 1.807) is 6.07 Å². The van der Waals surface area contributed by atoms with Crippen LogP contribution in [0.15, 0.2) is 53.4 Å². The van der Waals surface area contributed by atoms with Crippen molar-refractivity contribution in [2.75, 3.05) is 7.11 Å². The zero-order chi connectivity index (χ0) is 22.1. The molecule has 1 atom stereocenters. The average molecular weight is 442 g/mol. The van der Waals surface area contributed by atoms with E-state index in [0.717, 1.165) is 10.0 Å². The Morgan fingerprint density at radius 3 is 2.43 bits per heavy atom. The van der Waals surface area contributed by atoms with Gasteiger partial charge in [-0.25, -0.2) is 22.2 Å². The van der Waals surface area contributed by atoms with Crippen LogP contribution in [0.3, 0.4) is 0 Å². The van der Waals surface area contributed by atoms with E-state index >= 15 is 0 Å². The van der Waals surface area contributed by atoms with E-state index in [0.29, 0.717) is 6.07 Å². The number of esters is 1. The topological polar surface area (TPSA) is 87.5 Å². The van der Waals surface area contributed by atoms with Crippen LogP contribution >= 0.6 is 0 Å². The number of pyridine rings is 1. The Labute approximate surface area is 170 Å². The maximum Gasteiger partial charge on any atom is 0.433 e. The van der Waals surface area contributed by atoms with Crippen LogP contribution < -0.4 is 0 Å². The first-order valence-corrected chi connectivity index (χ1v) is 10.1. The molecule has 0 aliphatic carbocycles. The standard InChI is InChI=1S/C19H17F3N2O5S/c1-12(18(25)28-2)29-11-13-10-15-16(8-9-17(23-15)19(20,21)22)24(13)30(26,27)14-6-4-3-5-7-14/h3-10,12H,11H2,1-2H3/t12-/m1/s1. The van der Waals surface area contributed by atoms with Gasteiger partial charge < -0.3 is 9.47 Å². The van der Waals surface area contributed by atoms with Gasteiger partial charge in [-0.2, -0.15) is 13.2 Å². The number of ether oxygens (including phenoxy) is 2. The van der Waals surface area contributed by atoms with Crippen LogP contribution in [0, 0.1) is 0 Å². The van der Waals surface area contributed by atoms with Crippen LogP contribution in [0.4, 0.5) is 13.2 Å². The highest BCUT2D eigenvalue weighted by Gasteiger charge is 2.33. The number of alkyl halides is 3. The quantitative estimate of drug-likeness (QED) is 0.544. The molecule has 0 aliphatic rings. The molecule has 0 unspecified atom stereocenters. The summed E-state index contributed by atoms with van der Waals surface area (Å²) in [6, 6.07) is 10.3. The van der Waals surface area contributed by atoms with Crippen molar-refractivity contribution in [3.63, 3.8) is 0 Å². The largest absolute Gasteiger partial charge is 0.467 e. The number of rotatable bonds is 6. The Bertz CT molecular complexity index is 1170. The molecule has 160 valence electrons. The summed E-state index contributed by atoms with van der Waals surface area (Å²) in [7, 11) is -3.01. The predicted molar refractivity (Wildman–Crippen MR) is 100 cm³/mol. The Morgan fingerprint density at radius 1 is 1.17 bits per heavy atom. The van der Waals surface area contributed by atoms with Crippen molar-refractivity contribution in [2.45, 2.75) is 30.7 Å². The maximum absolute atomic E-state index is 13.2. The van der Waals surface area contributed by atoms with Gasteiger partial charge >= 0.3 is 12.1 Å². The molecule has 0 saturated carbocycles. The molecule has 0 aliphatic heterocycles. The van der Waals surface area contributed by atoms with Gasteiger partial charge in [0.15, 0.2) is 6.10 Å². The molecule has 3 rings (SSSR count). The molecule has 0 bridgehead atoms. The highest BCUT2D eigenvalue weighted by Crippen LogP contribution is 2.31.